The van der Waals surface area contributed by atoms with E-state index in [1.807, 2.05) is 0 Å². The highest BCUT2D eigenvalue weighted by molar-refractivity contribution is 5.92. The van der Waals surface area contributed by atoms with Crippen LogP contribution in [0.15, 0.2) is 6.07 Å². The number of carbonyl (C=O) groups is 1. The van der Waals surface area contributed by atoms with Crippen molar-refractivity contribution in [3.8, 4) is 11.6 Å². The number of ether oxygens (including phenoxy) is 2. The van der Waals surface area contributed by atoms with Crippen LogP contribution in [0.2, 0.25) is 0 Å². The third-order valence-corrected chi connectivity index (χ3v) is 1.76. The number of carboxylic acids is 1. The lowest BCUT2D eigenvalue weighted by Gasteiger charge is -2.11. The number of rotatable bonds is 4. The molecule has 0 aliphatic heterocycles. The van der Waals surface area contributed by atoms with Gasteiger partial charge in [0.2, 0.25) is 5.75 Å². The van der Waals surface area contributed by atoms with E-state index in [1.54, 1.807) is 0 Å². The lowest BCUT2D eigenvalue weighted by Crippen LogP contribution is -2.20. The molecule has 0 fully saturated rings. The summed E-state index contributed by atoms with van der Waals surface area (Å²) >= 11 is 0. The lowest BCUT2D eigenvalue weighted by atomic mass is 10.2. The van der Waals surface area contributed by atoms with Gasteiger partial charge in [-0.25, -0.2) is 4.79 Å². The van der Waals surface area contributed by atoms with Gasteiger partial charge in [-0.05, 0) is 4.92 Å². The number of halogens is 3. The Hall–Kier alpha value is -2.59. The molecule has 1 rings (SSSR count). The first-order chi connectivity index (χ1) is 8.65. The molecular formula is C8H5F3N2O6. The molecule has 0 aromatic carbocycles. The Balaban J connectivity index is 3.54. The topological polar surface area (TPSA) is 112 Å². The summed E-state index contributed by atoms with van der Waals surface area (Å²) in [5.74, 6) is -5.30. The first-order valence-corrected chi connectivity index (χ1v) is 4.38. The molecule has 1 heterocycles. The van der Waals surface area contributed by atoms with Crippen LogP contribution in [0.1, 0.15) is 10.4 Å². The fourth-order valence-corrected chi connectivity index (χ4v) is 1.10. The van der Waals surface area contributed by atoms with Crippen molar-refractivity contribution in [2.75, 3.05) is 7.11 Å². The molecule has 0 spiro atoms. The second-order valence-corrected chi connectivity index (χ2v) is 2.97. The van der Waals surface area contributed by atoms with E-state index in [0.717, 1.165) is 7.11 Å². The normalized spacial score (nSPS) is 10.9. The molecule has 0 unspecified atom stereocenters. The van der Waals surface area contributed by atoms with Crippen molar-refractivity contribution in [1.82, 2.24) is 4.98 Å². The average molecular weight is 282 g/mol. The zero-order valence-electron chi connectivity index (χ0n) is 9.09. The Labute approximate surface area is 102 Å². The molecule has 104 valence electrons. The molecule has 0 saturated heterocycles. The SMILES string of the molecule is COc1cc(C(=O)O)c(OC(F)(F)F)c([N+](=O)[O-])n1. The predicted octanol–water partition coefficient (Wildman–Crippen LogP) is 1.60. The minimum atomic E-state index is -5.30. The molecule has 1 aromatic rings. The van der Waals surface area contributed by atoms with Crippen LogP contribution in [0.4, 0.5) is 19.0 Å². The minimum Gasteiger partial charge on any atom is -0.478 e. The number of alkyl halides is 3. The summed E-state index contributed by atoms with van der Waals surface area (Å²) < 4.78 is 44.2. The molecule has 8 nitrogen and oxygen atoms in total. The number of hydrogen-bond acceptors (Lipinski definition) is 6. The van der Waals surface area contributed by atoms with Crippen molar-refractivity contribution < 1.29 is 37.5 Å². The van der Waals surface area contributed by atoms with Crippen LogP contribution in [0, 0.1) is 10.1 Å². The standard InChI is InChI=1S/C8H5F3N2O6/c1-18-4-2-3(7(14)15)5(19-8(9,10)11)6(12-4)13(16)17/h2H,1H3,(H,14,15). The molecule has 0 radical (unpaired) electrons. The van der Waals surface area contributed by atoms with Crippen LogP contribution >= 0.6 is 0 Å². The monoisotopic (exact) mass is 282 g/mol. The number of nitrogens with zero attached hydrogens (tertiary/aromatic N) is 2. The van der Waals surface area contributed by atoms with Gasteiger partial charge in [0.1, 0.15) is 5.56 Å². The van der Waals surface area contributed by atoms with Crippen LogP contribution < -0.4 is 9.47 Å². The molecule has 1 aromatic heterocycles. The molecule has 0 amide bonds. The summed E-state index contributed by atoms with van der Waals surface area (Å²) in [4.78, 5) is 23.2. The molecule has 0 aliphatic carbocycles. The van der Waals surface area contributed by atoms with Gasteiger partial charge in [0.15, 0.2) is 0 Å². The summed E-state index contributed by atoms with van der Waals surface area (Å²) in [5.41, 5.74) is -1.09. The van der Waals surface area contributed by atoms with E-state index in [2.05, 4.69) is 14.5 Å². The summed E-state index contributed by atoms with van der Waals surface area (Å²) in [7, 11) is 1.02. The average Bonchev–Trinajstić information content (AvgIpc) is 2.26. The summed E-state index contributed by atoms with van der Waals surface area (Å²) in [6.07, 6.45) is -5.30. The molecular weight excluding hydrogens is 277 g/mol. The highest BCUT2D eigenvalue weighted by Gasteiger charge is 2.39. The van der Waals surface area contributed by atoms with Gasteiger partial charge in [-0.1, -0.05) is 0 Å². The van der Waals surface area contributed by atoms with Gasteiger partial charge in [-0.15, -0.1) is 13.2 Å². The molecule has 0 aliphatic rings. The Morgan fingerprint density at radius 2 is 2.11 bits per heavy atom. The summed E-state index contributed by atoms with van der Waals surface area (Å²) in [5, 5.41) is 19.3. The van der Waals surface area contributed by atoms with Crippen molar-refractivity contribution >= 4 is 11.8 Å². The first-order valence-electron chi connectivity index (χ1n) is 4.38. The molecule has 1 N–H and O–H groups in total. The maximum absolute atomic E-state index is 12.1. The number of nitro groups is 1. The zero-order valence-corrected chi connectivity index (χ0v) is 9.09. The highest BCUT2D eigenvalue weighted by Crippen LogP contribution is 2.36. The largest absolute Gasteiger partial charge is 0.573 e. The van der Waals surface area contributed by atoms with Gasteiger partial charge in [0, 0.05) is 11.1 Å². The third kappa shape index (κ3) is 3.43. The maximum Gasteiger partial charge on any atom is 0.573 e. The Morgan fingerprint density at radius 1 is 1.53 bits per heavy atom. The number of hydrogen-bond donors (Lipinski definition) is 1. The minimum absolute atomic E-state index is 0.529. The molecule has 11 heteroatoms. The lowest BCUT2D eigenvalue weighted by molar-refractivity contribution is -0.393. The quantitative estimate of drug-likeness (QED) is 0.659. The Kier molecular flexibility index (Phi) is 3.77. The van der Waals surface area contributed by atoms with E-state index in [1.165, 1.54) is 0 Å². The zero-order chi connectivity index (χ0) is 14.8. The number of aromatic nitrogens is 1. The molecule has 19 heavy (non-hydrogen) atoms. The predicted molar refractivity (Wildman–Crippen MR) is 51.1 cm³/mol. The smallest absolute Gasteiger partial charge is 0.478 e. The second-order valence-electron chi connectivity index (χ2n) is 2.97. The molecule has 0 saturated carbocycles. The van der Waals surface area contributed by atoms with Crippen LogP contribution in [0.5, 0.6) is 11.6 Å². The van der Waals surface area contributed by atoms with Crippen LogP contribution in [0.25, 0.3) is 0 Å². The number of carboxylic acid groups (broad SMARTS) is 1. The fraction of sp³-hybridized carbons (Fsp3) is 0.250. The third-order valence-electron chi connectivity index (χ3n) is 1.76. The number of methoxy groups -OCH3 is 1. The van der Waals surface area contributed by atoms with E-state index in [4.69, 9.17) is 5.11 Å². The second kappa shape index (κ2) is 4.96. The van der Waals surface area contributed by atoms with E-state index in [0.29, 0.717) is 6.07 Å². The van der Waals surface area contributed by atoms with Crippen molar-refractivity contribution in [3.63, 3.8) is 0 Å². The summed E-state index contributed by atoms with van der Waals surface area (Å²) in [6, 6.07) is 0.580. The van der Waals surface area contributed by atoms with E-state index >= 15 is 0 Å². The van der Waals surface area contributed by atoms with Gasteiger partial charge in [-0.2, -0.15) is 0 Å². The summed E-state index contributed by atoms with van der Waals surface area (Å²) in [6.45, 7) is 0. The Morgan fingerprint density at radius 3 is 2.47 bits per heavy atom. The van der Waals surface area contributed by atoms with E-state index in [-0.39, 0.29) is 0 Å². The fourth-order valence-electron chi connectivity index (χ4n) is 1.10. The number of aromatic carboxylic acids is 1. The Bertz CT molecular complexity index is 495. The van der Waals surface area contributed by atoms with Crippen LogP contribution in [-0.4, -0.2) is 34.5 Å². The van der Waals surface area contributed by atoms with E-state index < -0.39 is 40.3 Å². The van der Waals surface area contributed by atoms with Crippen LogP contribution in [-0.2, 0) is 0 Å². The molecule has 0 atom stereocenters. The van der Waals surface area contributed by atoms with Gasteiger partial charge < -0.3 is 24.7 Å². The first kappa shape index (κ1) is 14.5. The number of pyridine rings is 1. The van der Waals surface area contributed by atoms with Crippen molar-refractivity contribution in [1.29, 1.82) is 0 Å². The molecule has 0 bridgehead atoms. The van der Waals surface area contributed by atoms with Gasteiger partial charge in [0.25, 0.3) is 0 Å². The van der Waals surface area contributed by atoms with E-state index in [9.17, 15) is 28.1 Å². The van der Waals surface area contributed by atoms with Crippen LogP contribution in [0.3, 0.4) is 0 Å². The highest BCUT2D eigenvalue weighted by atomic mass is 19.4. The van der Waals surface area contributed by atoms with Gasteiger partial charge in [-0.3, -0.25) is 0 Å². The van der Waals surface area contributed by atoms with Gasteiger partial charge >= 0.3 is 24.0 Å². The van der Waals surface area contributed by atoms with Crippen molar-refractivity contribution in [3.05, 3.63) is 21.7 Å². The van der Waals surface area contributed by atoms with Gasteiger partial charge in [0.05, 0.1) is 7.11 Å². The maximum atomic E-state index is 12.1. The van der Waals surface area contributed by atoms with Crippen molar-refractivity contribution in [2.24, 2.45) is 0 Å². The van der Waals surface area contributed by atoms with Crippen molar-refractivity contribution in [2.45, 2.75) is 6.36 Å².